The van der Waals surface area contributed by atoms with E-state index >= 15 is 0 Å². The molecule has 1 fully saturated rings. The van der Waals surface area contributed by atoms with Crippen LogP contribution in [0.2, 0.25) is 5.02 Å². The summed E-state index contributed by atoms with van der Waals surface area (Å²) in [6, 6.07) is 6.38. The third-order valence-corrected chi connectivity index (χ3v) is 3.27. The Labute approximate surface area is 115 Å². The van der Waals surface area contributed by atoms with Gasteiger partial charge in [-0.3, -0.25) is 14.9 Å². The zero-order valence-corrected chi connectivity index (χ0v) is 11.1. The molecule has 1 N–H and O–H groups in total. The molecule has 0 saturated carbocycles. The summed E-state index contributed by atoms with van der Waals surface area (Å²) in [6.45, 7) is 1.89. The Bertz CT molecular complexity index is 580. The van der Waals surface area contributed by atoms with Crippen LogP contribution in [0.15, 0.2) is 18.2 Å². The van der Waals surface area contributed by atoms with Gasteiger partial charge in [0, 0.05) is 5.02 Å². The zero-order valence-electron chi connectivity index (χ0n) is 10.3. The lowest BCUT2D eigenvalue weighted by atomic mass is 10.1. The van der Waals surface area contributed by atoms with Crippen LogP contribution in [0.4, 0.5) is 5.69 Å². The maximum absolute atomic E-state index is 11.8. The molecule has 0 radical (unpaired) electrons. The fraction of sp³-hybridized carbons (Fsp3) is 0.308. The van der Waals surface area contributed by atoms with Gasteiger partial charge in [-0.15, -0.1) is 0 Å². The number of anilines is 1. The number of benzene rings is 1. The highest BCUT2D eigenvalue weighted by Crippen LogP contribution is 2.28. The fourth-order valence-corrected chi connectivity index (χ4v) is 2.33. The van der Waals surface area contributed by atoms with Gasteiger partial charge in [-0.2, -0.15) is 5.26 Å². The van der Waals surface area contributed by atoms with Crippen LogP contribution >= 0.6 is 11.6 Å². The number of carbonyl (C=O) groups excluding carboxylic acids is 2. The zero-order chi connectivity index (χ0) is 14.0. The summed E-state index contributed by atoms with van der Waals surface area (Å²) < 4.78 is 0. The van der Waals surface area contributed by atoms with Crippen LogP contribution < -0.4 is 10.2 Å². The second-order valence-electron chi connectivity index (χ2n) is 4.24. The highest BCUT2D eigenvalue weighted by atomic mass is 35.5. The lowest BCUT2D eigenvalue weighted by molar-refractivity contribution is -0.132. The van der Waals surface area contributed by atoms with Crippen LogP contribution in [0.5, 0.6) is 0 Å². The van der Waals surface area contributed by atoms with Gasteiger partial charge in [0.1, 0.15) is 12.1 Å². The maximum Gasteiger partial charge on any atom is 0.249 e. The highest BCUT2D eigenvalue weighted by molar-refractivity contribution is 6.31. The monoisotopic (exact) mass is 277 g/mol. The first-order chi connectivity index (χ1) is 9.06. The van der Waals surface area contributed by atoms with Crippen molar-refractivity contribution in [3.05, 3.63) is 28.8 Å². The maximum atomic E-state index is 11.8. The number of amides is 2. The molecule has 0 bridgehead atoms. The van der Waals surface area contributed by atoms with Crippen LogP contribution in [0, 0.1) is 11.3 Å². The Kier molecular flexibility index (Phi) is 3.72. The normalized spacial score (nSPS) is 19.0. The summed E-state index contributed by atoms with van der Waals surface area (Å²) in [4.78, 5) is 25.0. The van der Waals surface area contributed by atoms with Crippen LogP contribution in [0.3, 0.4) is 0 Å². The molecular formula is C13H12ClN3O2. The molecule has 2 amide bonds. The lowest BCUT2D eigenvalue weighted by Gasteiger charge is -2.35. The van der Waals surface area contributed by atoms with Crippen molar-refractivity contribution in [3.8, 4) is 6.07 Å². The fourth-order valence-electron chi connectivity index (χ4n) is 2.16. The molecule has 0 aromatic heterocycles. The van der Waals surface area contributed by atoms with E-state index in [1.807, 2.05) is 6.92 Å². The summed E-state index contributed by atoms with van der Waals surface area (Å²) in [7, 11) is 0. The number of carbonyl (C=O) groups is 2. The van der Waals surface area contributed by atoms with Crippen molar-refractivity contribution in [2.75, 3.05) is 11.4 Å². The molecule has 5 nitrogen and oxygen atoms in total. The average Bonchev–Trinajstić information content (AvgIpc) is 2.37. The number of hydrogen-bond donors (Lipinski definition) is 1. The number of nitriles is 1. The standard InChI is InChI=1S/C13H12ClN3O2/c1-2-10-13(19)16-12(18)7-17(10)11-5-9(14)4-3-8(11)6-15/h3-5,10H,2,7H2,1H3,(H,16,18,19). The van der Waals surface area contributed by atoms with Gasteiger partial charge in [0.05, 0.1) is 17.8 Å². The number of piperazine rings is 1. The van der Waals surface area contributed by atoms with Crippen LogP contribution in [-0.4, -0.2) is 24.4 Å². The van der Waals surface area contributed by atoms with E-state index in [9.17, 15) is 9.59 Å². The molecule has 1 aromatic carbocycles. The predicted octanol–water partition coefficient (Wildman–Crippen LogP) is 1.45. The predicted molar refractivity (Wildman–Crippen MR) is 70.7 cm³/mol. The lowest BCUT2D eigenvalue weighted by Crippen LogP contribution is -2.58. The van der Waals surface area contributed by atoms with E-state index in [1.54, 1.807) is 23.1 Å². The number of nitrogens with zero attached hydrogens (tertiary/aromatic N) is 2. The second-order valence-corrected chi connectivity index (χ2v) is 4.67. The molecule has 1 aliphatic rings. The molecule has 1 saturated heterocycles. The van der Waals surface area contributed by atoms with E-state index in [0.29, 0.717) is 22.7 Å². The molecule has 1 atom stereocenters. The largest absolute Gasteiger partial charge is 0.349 e. The van der Waals surface area contributed by atoms with Crippen molar-refractivity contribution in [1.82, 2.24) is 5.32 Å². The Balaban J connectivity index is 2.49. The number of rotatable bonds is 2. The number of hydrogen-bond acceptors (Lipinski definition) is 4. The molecule has 98 valence electrons. The molecule has 0 aliphatic carbocycles. The van der Waals surface area contributed by atoms with Gasteiger partial charge in [-0.25, -0.2) is 0 Å². The Hall–Kier alpha value is -2.06. The third kappa shape index (κ3) is 2.54. The minimum Gasteiger partial charge on any atom is -0.349 e. The van der Waals surface area contributed by atoms with Crippen molar-refractivity contribution in [2.45, 2.75) is 19.4 Å². The summed E-state index contributed by atoms with van der Waals surface area (Å²) in [5.41, 5.74) is 0.912. The first kappa shape index (κ1) is 13.4. The third-order valence-electron chi connectivity index (χ3n) is 3.03. The van der Waals surface area contributed by atoms with Crippen molar-refractivity contribution in [1.29, 1.82) is 5.26 Å². The van der Waals surface area contributed by atoms with Gasteiger partial charge in [0.2, 0.25) is 11.8 Å². The first-order valence-electron chi connectivity index (χ1n) is 5.86. The molecule has 0 spiro atoms. The highest BCUT2D eigenvalue weighted by Gasteiger charge is 2.33. The molecule has 6 heteroatoms. The summed E-state index contributed by atoms with van der Waals surface area (Å²) in [5.74, 6) is -0.721. The van der Waals surface area contributed by atoms with E-state index in [2.05, 4.69) is 11.4 Å². The summed E-state index contributed by atoms with van der Waals surface area (Å²) in [6.07, 6.45) is 0.538. The van der Waals surface area contributed by atoms with Crippen molar-refractivity contribution in [2.24, 2.45) is 0 Å². The summed E-state index contributed by atoms with van der Waals surface area (Å²) in [5, 5.41) is 11.9. The van der Waals surface area contributed by atoms with Gasteiger partial charge in [-0.1, -0.05) is 18.5 Å². The Morgan fingerprint density at radius 1 is 1.53 bits per heavy atom. The second kappa shape index (κ2) is 5.29. The van der Waals surface area contributed by atoms with Crippen LogP contribution in [0.25, 0.3) is 0 Å². The molecule has 1 unspecified atom stereocenters. The Morgan fingerprint density at radius 2 is 2.26 bits per heavy atom. The van der Waals surface area contributed by atoms with Gasteiger partial charge in [0.25, 0.3) is 0 Å². The minimum atomic E-state index is -0.469. The van der Waals surface area contributed by atoms with Gasteiger partial charge in [-0.05, 0) is 24.6 Å². The van der Waals surface area contributed by atoms with Crippen molar-refractivity contribution in [3.63, 3.8) is 0 Å². The number of halogens is 1. The SMILES string of the molecule is CCC1C(=O)NC(=O)CN1c1cc(Cl)ccc1C#N. The van der Waals surface area contributed by atoms with Crippen molar-refractivity contribution >= 4 is 29.1 Å². The van der Waals surface area contributed by atoms with E-state index in [-0.39, 0.29) is 18.4 Å². The molecular weight excluding hydrogens is 266 g/mol. The van der Waals surface area contributed by atoms with E-state index in [4.69, 9.17) is 16.9 Å². The average molecular weight is 278 g/mol. The van der Waals surface area contributed by atoms with E-state index in [1.165, 1.54) is 0 Å². The number of nitrogens with one attached hydrogen (secondary N) is 1. The first-order valence-corrected chi connectivity index (χ1v) is 6.24. The van der Waals surface area contributed by atoms with Gasteiger partial charge < -0.3 is 4.90 Å². The smallest absolute Gasteiger partial charge is 0.249 e. The molecule has 1 heterocycles. The van der Waals surface area contributed by atoms with E-state index in [0.717, 1.165) is 0 Å². The van der Waals surface area contributed by atoms with Crippen molar-refractivity contribution < 1.29 is 9.59 Å². The Morgan fingerprint density at radius 3 is 2.89 bits per heavy atom. The van der Waals surface area contributed by atoms with Gasteiger partial charge in [0.15, 0.2) is 0 Å². The summed E-state index contributed by atoms with van der Waals surface area (Å²) >= 11 is 5.94. The topological polar surface area (TPSA) is 73.2 Å². The van der Waals surface area contributed by atoms with Crippen LogP contribution in [-0.2, 0) is 9.59 Å². The molecule has 1 aliphatic heterocycles. The van der Waals surface area contributed by atoms with E-state index < -0.39 is 6.04 Å². The molecule has 19 heavy (non-hydrogen) atoms. The number of imide groups is 1. The molecule has 2 rings (SSSR count). The molecule has 1 aromatic rings. The van der Waals surface area contributed by atoms with Gasteiger partial charge >= 0.3 is 0 Å². The van der Waals surface area contributed by atoms with Crippen LogP contribution in [0.1, 0.15) is 18.9 Å². The minimum absolute atomic E-state index is 0.0409. The quantitative estimate of drug-likeness (QED) is 0.831.